The molecule has 0 aliphatic carbocycles. The molecule has 0 radical (unpaired) electrons. The molecule has 0 spiro atoms. The van der Waals surface area contributed by atoms with Crippen LogP contribution in [0.15, 0.2) is 24.3 Å². The van der Waals surface area contributed by atoms with Crippen LogP contribution in [0.2, 0.25) is 0 Å². The second-order valence-corrected chi connectivity index (χ2v) is 7.94. The van der Waals surface area contributed by atoms with Crippen LogP contribution >= 0.6 is 0 Å². The number of hydrogen-bond donors (Lipinski definition) is 1. The van der Waals surface area contributed by atoms with Gasteiger partial charge in [-0.15, -0.1) is 0 Å². The average Bonchev–Trinajstić information content (AvgIpc) is 2.54. The molecule has 1 aromatic rings. The summed E-state index contributed by atoms with van der Waals surface area (Å²) in [6, 6.07) is 6.07. The van der Waals surface area contributed by atoms with E-state index in [1.54, 1.807) is 12.1 Å². The van der Waals surface area contributed by atoms with Crippen LogP contribution in [0.4, 0.5) is 4.39 Å². The van der Waals surface area contributed by atoms with Gasteiger partial charge in [-0.05, 0) is 30.5 Å². The highest BCUT2D eigenvalue weighted by Gasteiger charge is 2.29. The van der Waals surface area contributed by atoms with Gasteiger partial charge in [0, 0.05) is 32.7 Å². The highest BCUT2D eigenvalue weighted by atomic mass is 32.2. The number of amides is 1. The van der Waals surface area contributed by atoms with Gasteiger partial charge in [-0.3, -0.25) is 4.79 Å². The lowest BCUT2D eigenvalue weighted by molar-refractivity contribution is -0.126. The molecule has 134 valence electrons. The number of hydrogen-bond acceptors (Lipinski definition) is 4. The molecule has 0 bridgehead atoms. The molecule has 1 aliphatic rings. The van der Waals surface area contributed by atoms with Gasteiger partial charge in [-0.1, -0.05) is 12.1 Å². The summed E-state index contributed by atoms with van der Waals surface area (Å²) in [5.41, 5.74) is 0.657. The molecule has 1 unspecified atom stereocenters. The van der Waals surface area contributed by atoms with Crippen molar-refractivity contribution < 1.29 is 22.3 Å². The van der Waals surface area contributed by atoms with E-state index in [2.05, 4.69) is 5.32 Å². The molecule has 1 saturated heterocycles. The number of nitrogens with zero attached hydrogens (tertiary/aromatic N) is 1. The van der Waals surface area contributed by atoms with Crippen molar-refractivity contribution in [1.29, 1.82) is 0 Å². The van der Waals surface area contributed by atoms with Gasteiger partial charge in [-0.2, -0.15) is 0 Å². The highest BCUT2D eigenvalue weighted by molar-refractivity contribution is 7.88. The summed E-state index contributed by atoms with van der Waals surface area (Å²) >= 11 is 0. The fraction of sp³-hybridized carbons (Fsp3) is 0.562. The number of carbonyl (C=O) groups is 1. The summed E-state index contributed by atoms with van der Waals surface area (Å²) in [4.78, 5) is 12.3. The van der Waals surface area contributed by atoms with Gasteiger partial charge >= 0.3 is 0 Å². The van der Waals surface area contributed by atoms with E-state index in [4.69, 9.17) is 4.74 Å². The van der Waals surface area contributed by atoms with E-state index in [-0.39, 0.29) is 24.2 Å². The number of nitrogens with one attached hydrogen (secondary N) is 1. The van der Waals surface area contributed by atoms with Crippen molar-refractivity contribution in [1.82, 2.24) is 9.62 Å². The van der Waals surface area contributed by atoms with Gasteiger partial charge in [0.1, 0.15) is 5.82 Å². The monoisotopic (exact) mass is 358 g/mol. The number of rotatable bonds is 6. The van der Waals surface area contributed by atoms with Crippen molar-refractivity contribution in [3.8, 4) is 0 Å². The van der Waals surface area contributed by atoms with Gasteiger partial charge in [0.25, 0.3) is 0 Å². The van der Waals surface area contributed by atoms with E-state index in [9.17, 15) is 17.6 Å². The number of halogens is 1. The van der Waals surface area contributed by atoms with Crippen molar-refractivity contribution >= 4 is 15.9 Å². The van der Waals surface area contributed by atoms with E-state index in [1.807, 2.05) is 0 Å². The maximum absolute atomic E-state index is 13.3. The lowest BCUT2D eigenvalue weighted by Gasteiger charge is -2.29. The summed E-state index contributed by atoms with van der Waals surface area (Å²) < 4.78 is 43.0. The number of methoxy groups -OCH3 is 1. The Bertz CT molecular complexity index is 672. The predicted molar refractivity (Wildman–Crippen MR) is 88.3 cm³/mol. The Morgan fingerprint density at radius 1 is 1.42 bits per heavy atom. The van der Waals surface area contributed by atoms with Crippen LogP contribution in [0.5, 0.6) is 0 Å². The van der Waals surface area contributed by atoms with E-state index < -0.39 is 16.1 Å². The first-order valence-electron chi connectivity index (χ1n) is 7.82. The van der Waals surface area contributed by atoms with E-state index in [0.717, 1.165) is 0 Å². The van der Waals surface area contributed by atoms with Crippen molar-refractivity contribution in [2.75, 3.05) is 33.0 Å². The number of carbonyl (C=O) groups excluding carboxylic acids is 1. The topological polar surface area (TPSA) is 75.7 Å². The van der Waals surface area contributed by atoms with E-state index in [0.29, 0.717) is 31.5 Å². The summed E-state index contributed by atoms with van der Waals surface area (Å²) in [6.07, 6.45) is 1.74. The Hall–Kier alpha value is -1.51. The summed E-state index contributed by atoms with van der Waals surface area (Å²) in [6.45, 7) is 0.953. The van der Waals surface area contributed by atoms with Crippen molar-refractivity contribution in [2.45, 2.75) is 18.9 Å². The summed E-state index contributed by atoms with van der Waals surface area (Å²) in [5.74, 6) is -0.691. The van der Waals surface area contributed by atoms with Crippen molar-refractivity contribution in [3.05, 3.63) is 35.6 Å². The lowest BCUT2D eigenvalue weighted by atomic mass is 9.97. The van der Waals surface area contributed by atoms with Crippen LogP contribution in [-0.2, 0) is 19.6 Å². The maximum atomic E-state index is 13.3. The van der Waals surface area contributed by atoms with Crippen LogP contribution in [-0.4, -0.2) is 51.6 Å². The lowest BCUT2D eigenvalue weighted by Crippen LogP contribution is -2.43. The standard InChI is InChI=1S/C16H23FN2O4S/c1-23-15(13-4-3-5-14(17)10-13)11-18-16(20)12-6-8-19(9-7-12)24(2,21)22/h3-5,10,12,15H,6-9,11H2,1-2H3,(H,18,20). The molecule has 6 nitrogen and oxygen atoms in total. The smallest absolute Gasteiger partial charge is 0.223 e. The van der Waals surface area contributed by atoms with Gasteiger partial charge in [-0.25, -0.2) is 17.1 Å². The van der Waals surface area contributed by atoms with Crippen molar-refractivity contribution in [2.24, 2.45) is 5.92 Å². The zero-order valence-electron chi connectivity index (χ0n) is 13.9. The minimum absolute atomic E-state index is 0.124. The average molecular weight is 358 g/mol. The quantitative estimate of drug-likeness (QED) is 0.832. The molecule has 8 heteroatoms. The van der Waals surface area contributed by atoms with Crippen LogP contribution in [0.25, 0.3) is 0 Å². The SMILES string of the molecule is COC(CNC(=O)C1CCN(S(C)(=O)=O)CC1)c1cccc(F)c1. The minimum Gasteiger partial charge on any atom is -0.375 e. The fourth-order valence-electron chi connectivity index (χ4n) is 2.83. The molecule has 1 aliphatic heterocycles. The molecule has 1 fully saturated rings. The van der Waals surface area contributed by atoms with Crippen LogP contribution in [0.3, 0.4) is 0 Å². The first-order valence-corrected chi connectivity index (χ1v) is 9.67. The van der Waals surface area contributed by atoms with Crippen LogP contribution in [0.1, 0.15) is 24.5 Å². The van der Waals surface area contributed by atoms with Crippen LogP contribution < -0.4 is 5.32 Å². The third kappa shape index (κ3) is 4.99. The molecule has 1 amide bonds. The summed E-state index contributed by atoms with van der Waals surface area (Å²) in [7, 11) is -1.69. The van der Waals surface area contributed by atoms with Crippen LogP contribution in [0, 0.1) is 11.7 Å². The molecule has 1 aromatic carbocycles. The number of ether oxygens (including phenoxy) is 1. The number of sulfonamides is 1. The highest BCUT2D eigenvalue weighted by Crippen LogP contribution is 2.20. The first kappa shape index (κ1) is 18.8. The fourth-order valence-corrected chi connectivity index (χ4v) is 3.71. The van der Waals surface area contributed by atoms with E-state index >= 15 is 0 Å². The molecular weight excluding hydrogens is 335 g/mol. The Kier molecular flexibility index (Phi) is 6.31. The third-order valence-corrected chi connectivity index (χ3v) is 5.56. The second kappa shape index (κ2) is 8.04. The zero-order chi connectivity index (χ0) is 17.7. The molecule has 0 saturated carbocycles. The molecule has 0 aromatic heterocycles. The molecular formula is C16H23FN2O4S. The van der Waals surface area contributed by atoms with Gasteiger partial charge in [0.05, 0.1) is 12.4 Å². The first-order chi connectivity index (χ1) is 11.3. The molecule has 1 heterocycles. The maximum Gasteiger partial charge on any atom is 0.223 e. The van der Waals surface area contributed by atoms with Crippen molar-refractivity contribution in [3.63, 3.8) is 0 Å². The number of piperidine rings is 1. The third-order valence-electron chi connectivity index (χ3n) is 4.26. The summed E-state index contributed by atoms with van der Waals surface area (Å²) in [5, 5.41) is 2.82. The number of benzene rings is 1. The normalized spacial score (nSPS) is 18.3. The minimum atomic E-state index is -3.20. The molecule has 24 heavy (non-hydrogen) atoms. The largest absolute Gasteiger partial charge is 0.375 e. The van der Waals surface area contributed by atoms with E-state index in [1.165, 1.54) is 29.8 Å². The van der Waals surface area contributed by atoms with Gasteiger partial charge in [0.15, 0.2) is 0 Å². The Morgan fingerprint density at radius 2 is 2.08 bits per heavy atom. The van der Waals surface area contributed by atoms with Gasteiger partial charge in [0.2, 0.25) is 15.9 Å². The van der Waals surface area contributed by atoms with Gasteiger partial charge < -0.3 is 10.1 Å². The molecule has 2 rings (SSSR count). The zero-order valence-corrected chi connectivity index (χ0v) is 14.7. The molecule has 1 N–H and O–H groups in total. The predicted octanol–water partition coefficient (Wildman–Crippen LogP) is 1.30. The molecule has 1 atom stereocenters. The second-order valence-electron chi connectivity index (χ2n) is 5.96. The Morgan fingerprint density at radius 3 is 2.62 bits per heavy atom. The Labute approximate surface area is 142 Å². The Balaban J connectivity index is 1.86.